The first-order valence-electron chi connectivity index (χ1n) is 5.69. The fraction of sp³-hybridized carbons (Fsp3) is 0.167. The molecule has 0 aliphatic rings. The molecule has 1 aromatic carbocycles. The van der Waals surface area contributed by atoms with E-state index in [-0.39, 0.29) is 30.5 Å². The number of carboxylic acid groups (broad SMARTS) is 1. The number of aromatic nitrogens is 3. The number of carbonyl (C=O) groups is 2. The van der Waals surface area contributed by atoms with Gasteiger partial charge in [0, 0.05) is 6.54 Å². The smallest absolute Gasteiger partial charge is 0.358 e. The SMILES string of the molecule is O=C(Cn1cc(C(=O)O)nn1)NCc1ccc(F)cc1. The third-order valence-corrected chi connectivity index (χ3v) is 2.47. The lowest BCUT2D eigenvalue weighted by Gasteiger charge is -2.05. The Balaban J connectivity index is 1.85. The topological polar surface area (TPSA) is 97.1 Å². The molecule has 0 radical (unpaired) electrons. The Morgan fingerprint density at radius 1 is 1.30 bits per heavy atom. The van der Waals surface area contributed by atoms with Gasteiger partial charge in [0.25, 0.3) is 0 Å². The zero-order valence-electron chi connectivity index (χ0n) is 10.3. The third kappa shape index (κ3) is 3.61. The van der Waals surface area contributed by atoms with Crippen molar-refractivity contribution in [3.63, 3.8) is 0 Å². The lowest BCUT2D eigenvalue weighted by molar-refractivity contribution is -0.122. The molecule has 0 saturated heterocycles. The van der Waals surface area contributed by atoms with E-state index in [4.69, 9.17) is 5.11 Å². The summed E-state index contributed by atoms with van der Waals surface area (Å²) in [5.74, 6) is -1.90. The number of aromatic carboxylic acids is 1. The quantitative estimate of drug-likeness (QED) is 0.826. The van der Waals surface area contributed by atoms with Crippen molar-refractivity contribution >= 4 is 11.9 Å². The maximum Gasteiger partial charge on any atom is 0.358 e. The molecular weight excluding hydrogens is 267 g/mol. The summed E-state index contributed by atoms with van der Waals surface area (Å²) < 4.78 is 13.8. The summed E-state index contributed by atoms with van der Waals surface area (Å²) in [5, 5.41) is 18.2. The number of carbonyl (C=O) groups excluding carboxylic acids is 1. The first-order valence-corrected chi connectivity index (χ1v) is 5.69. The highest BCUT2D eigenvalue weighted by Crippen LogP contribution is 2.02. The maximum atomic E-state index is 12.7. The molecule has 0 fully saturated rings. The van der Waals surface area contributed by atoms with E-state index in [0.29, 0.717) is 0 Å². The number of nitrogens with one attached hydrogen (secondary N) is 1. The van der Waals surface area contributed by atoms with Gasteiger partial charge in [-0.25, -0.2) is 13.9 Å². The van der Waals surface area contributed by atoms with Crippen LogP contribution in [0.5, 0.6) is 0 Å². The van der Waals surface area contributed by atoms with E-state index in [1.165, 1.54) is 18.3 Å². The largest absolute Gasteiger partial charge is 0.476 e. The van der Waals surface area contributed by atoms with E-state index < -0.39 is 5.97 Å². The summed E-state index contributed by atoms with van der Waals surface area (Å²) in [6.07, 6.45) is 1.17. The van der Waals surface area contributed by atoms with Crippen molar-refractivity contribution in [1.82, 2.24) is 20.3 Å². The first kappa shape index (κ1) is 13.7. The van der Waals surface area contributed by atoms with Crippen LogP contribution in [-0.2, 0) is 17.9 Å². The second-order valence-corrected chi connectivity index (χ2v) is 4.01. The fourth-order valence-electron chi connectivity index (χ4n) is 1.48. The minimum atomic E-state index is -1.21. The molecule has 20 heavy (non-hydrogen) atoms. The Morgan fingerprint density at radius 3 is 2.60 bits per heavy atom. The second-order valence-electron chi connectivity index (χ2n) is 4.01. The predicted octanol–water partition coefficient (Wildman–Crippen LogP) is 0.432. The number of benzene rings is 1. The van der Waals surface area contributed by atoms with Crippen LogP contribution in [0, 0.1) is 5.82 Å². The molecule has 0 bridgehead atoms. The number of hydrogen-bond acceptors (Lipinski definition) is 4. The molecule has 7 nitrogen and oxygen atoms in total. The summed E-state index contributed by atoms with van der Waals surface area (Å²) in [5.41, 5.74) is 0.529. The van der Waals surface area contributed by atoms with E-state index >= 15 is 0 Å². The standard InChI is InChI=1S/C12H11FN4O3/c13-9-3-1-8(2-4-9)5-14-11(18)7-17-6-10(12(19)20)15-16-17/h1-4,6H,5,7H2,(H,14,18)(H,19,20). The summed E-state index contributed by atoms with van der Waals surface area (Å²) in [4.78, 5) is 22.2. The van der Waals surface area contributed by atoms with Crippen molar-refractivity contribution < 1.29 is 19.1 Å². The van der Waals surface area contributed by atoms with Gasteiger partial charge in [-0.15, -0.1) is 5.10 Å². The number of hydrogen-bond donors (Lipinski definition) is 2. The molecule has 0 unspecified atom stereocenters. The van der Waals surface area contributed by atoms with Crippen LogP contribution < -0.4 is 5.32 Å². The van der Waals surface area contributed by atoms with Crippen molar-refractivity contribution in [1.29, 1.82) is 0 Å². The summed E-state index contributed by atoms with van der Waals surface area (Å²) in [7, 11) is 0. The Kier molecular flexibility index (Phi) is 4.04. The zero-order valence-corrected chi connectivity index (χ0v) is 10.3. The molecule has 104 valence electrons. The van der Waals surface area contributed by atoms with Crippen LogP contribution >= 0.6 is 0 Å². The molecular formula is C12H11FN4O3. The van der Waals surface area contributed by atoms with E-state index in [9.17, 15) is 14.0 Å². The highest BCUT2D eigenvalue weighted by molar-refractivity contribution is 5.84. The van der Waals surface area contributed by atoms with Gasteiger partial charge >= 0.3 is 5.97 Å². The molecule has 0 atom stereocenters. The van der Waals surface area contributed by atoms with Crippen molar-refractivity contribution in [2.75, 3.05) is 0 Å². The van der Waals surface area contributed by atoms with E-state index in [1.807, 2.05) is 0 Å². The first-order chi connectivity index (χ1) is 9.54. The molecule has 2 N–H and O–H groups in total. The van der Waals surface area contributed by atoms with Gasteiger partial charge in [-0.05, 0) is 17.7 Å². The number of nitrogens with zero attached hydrogens (tertiary/aromatic N) is 3. The van der Waals surface area contributed by atoms with Crippen LogP contribution in [0.3, 0.4) is 0 Å². The van der Waals surface area contributed by atoms with Gasteiger partial charge in [-0.3, -0.25) is 4.79 Å². The number of amides is 1. The zero-order chi connectivity index (χ0) is 14.5. The molecule has 2 rings (SSSR count). The lowest BCUT2D eigenvalue weighted by atomic mass is 10.2. The summed E-state index contributed by atoms with van der Waals surface area (Å²) in [6, 6.07) is 5.73. The van der Waals surface area contributed by atoms with Crippen LogP contribution in [0.1, 0.15) is 16.1 Å². The number of halogens is 1. The van der Waals surface area contributed by atoms with E-state index in [2.05, 4.69) is 15.6 Å². The van der Waals surface area contributed by atoms with E-state index in [0.717, 1.165) is 10.2 Å². The van der Waals surface area contributed by atoms with Crippen LogP contribution in [0.25, 0.3) is 0 Å². The molecule has 1 amide bonds. The summed E-state index contributed by atoms with van der Waals surface area (Å²) in [6.45, 7) is 0.112. The monoisotopic (exact) mass is 278 g/mol. The van der Waals surface area contributed by atoms with Gasteiger partial charge in [-0.1, -0.05) is 17.3 Å². The Hall–Kier alpha value is -2.77. The molecule has 0 aliphatic heterocycles. The Morgan fingerprint density at radius 2 is 2.00 bits per heavy atom. The van der Waals surface area contributed by atoms with Gasteiger partial charge in [0.2, 0.25) is 5.91 Å². The third-order valence-electron chi connectivity index (χ3n) is 2.47. The van der Waals surface area contributed by atoms with Crippen LogP contribution in [0.2, 0.25) is 0 Å². The minimum absolute atomic E-state index is 0.137. The molecule has 0 saturated carbocycles. The molecule has 1 aromatic heterocycles. The van der Waals surface area contributed by atoms with Crippen molar-refractivity contribution in [3.8, 4) is 0 Å². The molecule has 0 aliphatic carbocycles. The predicted molar refractivity (Wildman–Crippen MR) is 65.2 cm³/mol. The van der Waals surface area contributed by atoms with Crippen LogP contribution in [-0.4, -0.2) is 32.0 Å². The molecule has 0 spiro atoms. The van der Waals surface area contributed by atoms with Crippen molar-refractivity contribution in [3.05, 3.63) is 47.5 Å². The van der Waals surface area contributed by atoms with Gasteiger partial charge < -0.3 is 10.4 Å². The normalized spacial score (nSPS) is 10.2. The molecule has 8 heteroatoms. The average Bonchev–Trinajstić information content (AvgIpc) is 2.87. The van der Waals surface area contributed by atoms with Gasteiger partial charge in [0.05, 0.1) is 6.20 Å². The maximum absolute atomic E-state index is 12.7. The minimum Gasteiger partial charge on any atom is -0.476 e. The van der Waals surface area contributed by atoms with Crippen molar-refractivity contribution in [2.24, 2.45) is 0 Å². The Bertz CT molecular complexity index is 624. The molecule has 2 aromatic rings. The Labute approximate surface area is 113 Å². The number of carboxylic acids is 1. The highest BCUT2D eigenvalue weighted by atomic mass is 19.1. The van der Waals surface area contributed by atoms with Crippen LogP contribution in [0.15, 0.2) is 30.5 Å². The van der Waals surface area contributed by atoms with Gasteiger partial charge in [0.1, 0.15) is 12.4 Å². The number of rotatable bonds is 5. The van der Waals surface area contributed by atoms with Gasteiger partial charge in [0.15, 0.2) is 5.69 Å². The second kappa shape index (κ2) is 5.91. The highest BCUT2D eigenvalue weighted by Gasteiger charge is 2.10. The van der Waals surface area contributed by atoms with Crippen molar-refractivity contribution in [2.45, 2.75) is 13.1 Å². The molecule has 1 heterocycles. The lowest BCUT2D eigenvalue weighted by Crippen LogP contribution is -2.27. The van der Waals surface area contributed by atoms with Gasteiger partial charge in [-0.2, -0.15) is 0 Å². The average molecular weight is 278 g/mol. The van der Waals surface area contributed by atoms with Crippen LogP contribution in [0.4, 0.5) is 4.39 Å². The fourth-order valence-corrected chi connectivity index (χ4v) is 1.48. The summed E-state index contributed by atoms with van der Waals surface area (Å²) >= 11 is 0. The van der Waals surface area contributed by atoms with E-state index in [1.54, 1.807) is 12.1 Å².